The van der Waals surface area contributed by atoms with Crippen molar-refractivity contribution in [3.63, 3.8) is 0 Å². The van der Waals surface area contributed by atoms with Gasteiger partial charge in [0.25, 0.3) is 0 Å². The van der Waals surface area contributed by atoms with Gasteiger partial charge in [-0.25, -0.2) is 8.78 Å². The fourth-order valence-corrected chi connectivity index (χ4v) is 2.98. The average Bonchev–Trinajstić information content (AvgIpc) is 3.16. The fourth-order valence-electron chi connectivity index (χ4n) is 2.98. The Balaban J connectivity index is 1.50. The molecule has 0 amide bonds. The molecule has 2 atom stereocenters. The van der Waals surface area contributed by atoms with Gasteiger partial charge in [0.15, 0.2) is 0 Å². The molecule has 4 heteroatoms. The summed E-state index contributed by atoms with van der Waals surface area (Å²) in [7, 11) is 0. The van der Waals surface area contributed by atoms with E-state index in [1.807, 2.05) is 0 Å². The van der Waals surface area contributed by atoms with Crippen molar-refractivity contribution >= 4 is 0 Å². The van der Waals surface area contributed by atoms with Crippen LogP contribution >= 0.6 is 0 Å². The van der Waals surface area contributed by atoms with Gasteiger partial charge in [0, 0.05) is 18.0 Å². The molecule has 0 spiro atoms. The lowest BCUT2D eigenvalue weighted by Crippen LogP contribution is -2.34. The molecule has 2 N–H and O–H groups in total. The number of hydrogen-bond acceptors (Lipinski definition) is 2. The molecule has 2 unspecified atom stereocenters. The van der Waals surface area contributed by atoms with Crippen molar-refractivity contribution in [2.75, 3.05) is 19.6 Å². The van der Waals surface area contributed by atoms with Gasteiger partial charge in [-0.3, -0.25) is 0 Å². The molecule has 1 aliphatic heterocycles. The second kappa shape index (κ2) is 5.55. The van der Waals surface area contributed by atoms with Crippen LogP contribution in [0.3, 0.4) is 0 Å². The first-order chi connectivity index (χ1) is 9.22. The maximum atomic E-state index is 13.2. The van der Waals surface area contributed by atoms with Crippen LogP contribution in [0.1, 0.15) is 30.7 Å². The first-order valence-corrected chi connectivity index (χ1v) is 7.12. The van der Waals surface area contributed by atoms with Crippen LogP contribution in [0.15, 0.2) is 18.2 Å². The minimum Gasteiger partial charge on any atom is -0.317 e. The van der Waals surface area contributed by atoms with E-state index in [1.54, 1.807) is 0 Å². The molecule has 1 aromatic carbocycles. The molecule has 2 fully saturated rings. The minimum atomic E-state index is -0.473. The Hall–Kier alpha value is -1.00. The second-order valence-electron chi connectivity index (χ2n) is 5.75. The summed E-state index contributed by atoms with van der Waals surface area (Å²) in [6.45, 7) is 3.24. The molecule has 2 aliphatic rings. The number of benzene rings is 1. The summed E-state index contributed by atoms with van der Waals surface area (Å²) in [6.07, 6.45) is 3.44. The van der Waals surface area contributed by atoms with Gasteiger partial charge >= 0.3 is 0 Å². The molecule has 3 rings (SSSR count). The Bertz CT molecular complexity index is 424. The number of rotatable bonds is 4. The smallest absolute Gasteiger partial charge is 0.126 e. The summed E-state index contributed by atoms with van der Waals surface area (Å²) in [4.78, 5) is 0. The highest BCUT2D eigenvalue weighted by Gasteiger charge is 2.38. The maximum Gasteiger partial charge on any atom is 0.126 e. The van der Waals surface area contributed by atoms with Crippen molar-refractivity contribution in [1.82, 2.24) is 10.6 Å². The van der Waals surface area contributed by atoms with Crippen molar-refractivity contribution in [3.8, 4) is 0 Å². The van der Waals surface area contributed by atoms with Crippen molar-refractivity contribution in [1.29, 1.82) is 0 Å². The van der Waals surface area contributed by atoms with Gasteiger partial charge in [0.05, 0.1) is 0 Å². The third kappa shape index (κ3) is 3.31. The van der Waals surface area contributed by atoms with Crippen LogP contribution in [-0.2, 0) is 0 Å². The minimum absolute atomic E-state index is 0.284. The predicted molar refractivity (Wildman–Crippen MR) is 71.1 cm³/mol. The fraction of sp³-hybridized carbons (Fsp3) is 0.600. The van der Waals surface area contributed by atoms with Crippen molar-refractivity contribution in [2.45, 2.75) is 31.2 Å². The lowest BCUT2D eigenvalue weighted by atomic mass is 9.98. The third-order valence-corrected chi connectivity index (χ3v) is 4.23. The highest BCUT2D eigenvalue weighted by atomic mass is 19.1. The quantitative estimate of drug-likeness (QED) is 0.874. The number of hydrogen-bond donors (Lipinski definition) is 2. The number of halogens is 2. The highest BCUT2D eigenvalue weighted by Crippen LogP contribution is 2.41. The van der Waals surface area contributed by atoms with Crippen molar-refractivity contribution < 1.29 is 8.78 Å². The second-order valence-corrected chi connectivity index (χ2v) is 5.75. The average molecular weight is 266 g/mol. The van der Waals surface area contributed by atoms with E-state index in [0.29, 0.717) is 6.04 Å². The molecule has 0 aromatic heterocycles. The zero-order valence-electron chi connectivity index (χ0n) is 11.0. The summed E-state index contributed by atoms with van der Waals surface area (Å²) in [5.41, 5.74) is 0.792. The SMILES string of the molecule is Fc1cc(F)cc(C2CC2NCC2CCNCC2)c1. The van der Waals surface area contributed by atoms with Gasteiger partial charge < -0.3 is 10.6 Å². The van der Waals surface area contributed by atoms with Crippen molar-refractivity contribution in [3.05, 3.63) is 35.4 Å². The van der Waals surface area contributed by atoms with Crippen LogP contribution in [0.25, 0.3) is 0 Å². The number of piperidine rings is 1. The maximum absolute atomic E-state index is 13.2. The lowest BCUT2D eigenvalue weighted by molar-refractivity contribution is 0.355. The van der Waals surface area contributed by atoms with Crippen LogP contribution in [0, 0.1) is 17.6 Å². The van der Waals surface area contributed by atoms with Gasteiger partial charge in [-0.15, -0.1) is 0 Å². The standard InChI is InChI=1S/C15H20F2N2/c16-12-5-11(6-13(17)7-12)14-8-15(14)19-9-10-1-3-18-4-2-10/h5-7,10,14-15,18-19H,1-4,8-9H2. The molecule has 1 aromatic rings. The van der Waals surface area contributed by atoms with Gasteiger partial charge in [0.1, 0.15) is 11.6 Å². The molecule has 0 radical (unpaired) electrons. The summed E-state index contributed by atoms with van der Waals surface area (Å²) in [5, 5.41) is 6.90. The Morgan fingerprint density at radius 1 is 1.11 bits per heavy atom. The molecule has 1 saturated heterocycles. The van der Waals surface area contributed by atoms with Gasteiger partial charge in [0.2, 0.25) is 0 Å². The Labute approximate surface area is 112 Å². The normalized spacial score (nSPS) is 27.5. The molecule has 1 aliphatic carbocycles. The molecular weight excluding hydrogens is 246 g/mol. The first kappa shape index (κ1) is 13.0. The van der Waals surface area contributed by atoms with Crippen LogP contribution in [0.2, 0.25) is 0 Å². The van der Waals surface area contributed by atoms with E-state index in [2.05, 4.69) is 10.6 Å². The molecule has 104 valence electrons. The number of nitrogens with one attached hydrogen (secondary N) is 2. The van der Waals surface area contributed by atoms with E-state index in [9.17, 15) is 8.78 Å². The predicted octanol–water partition coefficient (Wildman–Crippen LogP) is 2.41. The van der Waals surface area contributed by atoms with E-state index < -0.39 is 11.6 Å². The van der Waals surface area contributed by atoms with Gasteiger partial charge in [-0.1, -0.05) is 0 Å². The van der Waals surface area contributed by atoms with Crippen LogP contribution in [-0.4, -0.2) is 25.7 Å². The Kier molecular flexibility index (Phi) is 3.80. The van der Waals surface area contributed by atoms with E-state index in [1.165, 1.54) is 25.0 Å². The van der Waals surface area contributed by atoms with Crippen molar-refractivity contribution in [2.24, 2.45) is 5.92 Å². The lowest BCUT2D eigenvalue weighted by Gasteiger charge is -2.22. The summed E-state index contributed by atoms with van der Waals surface area (Å²) >= 11 is 0. The topological polar surface area (TPSA) is 24.1 Å². The zero-order chi connectivity index (χ0) is 13.2. The van der Waals surface area contributed by atoms with Crippen LogP contribution < -0.4 is 10.6 Å². The molecule has 1 saturated carbocycles. The molecule has 0 bridgehead atoms. The van der Waals surface area contributed by atoms with E-state index in [-0.39, 0.29) is 5.92 Å². The van der Waals surface area contributed by atoms with Crippen LogP contribution in [0.4, 0.5) is 8.78 Å². The Morgan fingerprint density at radius 2 is 1.79 bits per heavy atom. The third-order valence-electron chi connectivity index (χ3n) is 4.23. The zero-order valence-corrected chi connectivity index (χ0v) is 11.0. The first-order valence-electron chi connectivity index (χ1n) is 7.12. The molecule has 2 nitrogen and oxygen atoms in total. The van der Waals surface area contributed by atoms with E-state index in [0.717, 1.165) is 43.6 Å². The summed E-state index contributed by atoms with van der Waals surface area (Å²) in [5.74, 6) is 0.0803. The molecular formula is C15H20F2N2. The van der Waals surface area contributed by atoms with Gasteiger partial charge in [-0.05, 0) is 62.5 Å². The summed E-state index contributed by atoms with van der Waals surface area (Å²) < 4.78 is 26.3. The Morgan fingerprint density at radius 3 is 2.47 bits per heavy atom. The summed E-state index contributed by atoms with van der Waals surface area (Å²) in [6, 6.07) is 4.25. The largest absolute Gasteiger partial charge is 0.317 e. The highest BCUT2D eigenvalue weighted by molar-refractivity contribution is 5.29. The van der Waals surface area contributed by atoms with Crippen LogP contribution in [0.5, 0.6) is 0 Å². The van der Waals surface area contributed by atoms with E-state index in [4.69, 9.17) is 0 Å². The van der Waals surface area contributed by atoms with Gasteiger partial charge in [-0.2, -0.15) is 0 Å². The molecule has 1 heterocycles. The van der Waals surface area contributed by atoms with E-state index >= 15 is 0 Å². The molecule has 19 heavy (non-hydrogen) atoms. The monoisotopic (exact) mass is 266 g/mol.